The van der Waals surface area contributed by atoms with Crippen LogP contribution < -0.4 is 10.7 Å². The standard InChI is InChI=1S/C14H10BrN3O/c15-9-6-7-12-11(8-9)13(14(19)16-12)18-17-10-4-2-1-3-5-10/h1-8,17H,(H,16,18,19). The SMILES string of the molecule is O=C1Nc2ccc(Br)cc2/C1=N/Nc1ccccc1. The van der Waals surface area contributed by atoms with Crippen molar-refractivity contribution >= 4 is 38.9 Å². The van der Waals surface area contributed by atoms with E-state index in [1.54, 1.807) is 0 Å². The van der Waals surface area contributed by atoms with Crippen LogP contribution in [0.4, 0.5) is 11.4 Å². The van der Waals surface area contributed by atoms with Crippen LogP contribution in [0.5, 0.6) is 0 Å². The fourth-order valence-corrected chi connectivity index (χ4v) is 2.23. The maximum atomic E-state index is 11.9. The molecule has 0 radical (unpaired) electrons. The molecule has 0 aliphatic carbocycles. The molecule has 0 spiro atoms. The average molecular weight is 316 g/mol. The molecule has 0 aromatic heterocycles. The minimum atomic E-state index is -0.198. The Bertz CT molecular complexity index is 668. The molecule has 0 bridgehead atoms. The number of hydrogen-bond acceptors (Lipinski definition) is 3. The summed E-state index contributed by atoms with van der Waals surface area (Å²) >= 11 is 3.39. The van der Waals surface area contributed by atoms with E-state index >= 15 is 0 Å². The normalized spacial score (nSPS) is 15.2. The first-order chi connectivity index (χ1) is 9.24. The monoisotopic (exact) mass is 315 g/mol. The van der Waals surface area contributed by atoms with Gasteiger partial charge in [-0.2, -0.15) is 5.10 Å². The Morgan fingerprint density at radius 1 is 1.11 bits per heavy atom. The Morgan fingerprint density at radius 3 is 2.68 bits per heavy atom. The highest BCUT2D eigenvalue weighted by atomic mass is 79.9. The number of carbonyl (C=O) groups is 1. The summed E-state index contributed by atoms with van der Waals surface area (Å²) in [5, 5.41) is 6.97. The fraction of sp³-hybridized carbons (Fsp3) is 0. The average Bonchev–Trinajstić information content (AvgIpc) is 2.73. The van der Waals surface area contributed by atoms with Gasteiger partial charge in [0.25, 0.3) is 5.91 Å². The smallest absolute Gasteiger partial charge is 0.276 e. The first kappa shape index (κ1) is 11.9. The molecule has 5 heteroatoms. The van der Waals surface area contributed by atoms with Crippen molar-refractivity contribution in [1.82, 2.24) is 0 Å². The molecule has 1 heterocycles. The summed E-state index contributed by atoms with van der Waals surface area (Å²) in [4.78, 5) is 11.9. The summed E-state index contributed by atoms with van der Waals surface area (Å²) in [6.45, 7) is 0. The van der Waals surface area contributed by atoms with Crippen molar-refractivity contribution in [2.75, 3.05) is 10.7 Å². The van der Waals surface area contributed by atoms with Crippen molar-refractivity contribution < 1.29 is 4.79 Å². The molecule has 3 rings (SSSR count). The second kappa shape index (κ2) is 4.85. The van der Waals surface area contributed by atoms with E-state index in [-0.39, 0.29) is 5.91 Å². The molecule has 94 valence electrons. The summed E-state index contributed by atoms with van der Waals surface area (Å²) in [7, 11) is 0. The number of amides is 1. The van der Waals surface area contributed by atoms with Gasteiger partial charge in [0, 0.05) is 10.0 Å². The molecule has 4 nitrogen and oxygen atoms in total. The van der Waals surface area contributed by atoms with Gasteiger partial charge in [-0.15, -0.1) is 0 Å². The summed E-state index contributed by atoms with van der Waals surface area (Å²) in [6.07, 6.45) is 0. The third kappa shape index (κ3) is 2.37. The number of rotatable bonds is 2. The Balaban J connectivity index is 1.93. The number of halogens is 1. The van der Waals surface area contributed by atoms with Gasteiger partial charge in [-0.3, -0.25) is 10.2 Å². The van der Waals surface area contributed by atoms with Gasteiger partial charge in [-0.1, -0.05) is 34.1 Å². The zero-order valence-corrected chi connectivity index (χ0v) is 11.4. The minimum Gasteiger partial charge on any atom is -0.320 e. The van der Waals surface area contributed by atoms with Crippen molar-refractivity contribution in [3.63, 3.8) is 0 Å². The lowest BCUT2D eigenvalue weighted by Gasteiger charge is -2.01. The van der Waals surface area contributed by atoms with Crippen LogP contribution in [-0.2, 0) is 4.79 Å². The summed E-state index contributed by atoms with van der Waals surface area (Å²) < 4.78 is 0.912. The van der Waals surface area contributed by atoms with Crippen LogP contribution in [0.2, 0.25) is 0 Å². The zero-order chi connectivity index (χ0) is 13.2. The van der Waals surface area contributed by atoms with E-state index in [1.165, 1.54) is 0 Å². The maximum Gasteiger partial charge on any atom is 0.276 e. The van der Waals surface area contributed by atoms with Gasteiger partial charge >= 0.3 is 0 Å². The van der Waals surface area contributed by atoms with E-state index < -0.39 is 0 Å². The lowest BCUT2D eigenvalue weighted by molar-refractivity contribution is -0.110. The second-order valence-corrected chi connectivity index (χ2v) is 5.00. The lowest BCUT2D eigenvalue weighted by atomic mass is 10.1. The molecule has 19 heavy (non-hydrogen) atoms. The van der Waals surface area contributed by atoms with Crippen molar-refractivity contribution in [3.05, 3.63) is 58.6 Å². The highest BCUT2D eigenvalue weighted by Gasteiger charge is 2.26. The Labute approximate surface area is 118 Å². The third-order valence-electron chi connectivity index (χ3n) is 2.77. The van der Waals surface area contributed by atoms with E-state index in [1.807, 2.05) is 48.5 Å². The molecular weight excluding hydrogens is 306 g/mol. The number of anilines is 2. The van der Waals surface area contributed by atoms with Crippen LogP contribution in [0.3, 0.4) is 0 Å². The van der Waals surface area contributed by atoms with Crippen LogP contribution in [0.25, 0.3) is 0 Å². The predicted molar refractivity (Wildman–Crippen MR) is 79.4 cm³/mol. The number of nitrogens with zero attached hydrogens (tertiary/aromatic N) is 1. The molecule has 2 aromatic carbocycles. The topological polar surface area (TPSA) is 53.5 Å². The second-order valence-electron chi connectivity index (χ2n) is 4.08. The molecular formula is C14H10BrN3O. The third-order valence-corrected chi connectivity index (χ3v) is 3.26. The van der Waals surface area contributed by atoms with Crippen molar-refractivity contribution in [2.24, 2.45) is 5.10 Å². The molecule has 1 aliphatic heterocycles. The number of hydrazone groups is 1. The van der Waals surface area contributed by atoms with E-state index in [9.17, 15) is 4.79 Å². The minimum absolute atomic E-state index is 0.198. The summed E-state index contributed by atoms with van der Waals surface area (Å²) in [5.41, 5.74) is 5.69. The largest absolute Gasteiger partial charge is 0.320 e. The van der Waals surface area contributed by atoms with Gasteiger partial charge in [-0.25, -0.2) is 0 Å². The summed E-state index contributed by atoms with van der Waals surface area (Å²) in [6, 6.07) is 15.1. The molecule has 2 aromatic rings. The van der Waals surface area contributed by atoms with Crippen LogP contribution in [0.1, 0.15) is 5.56 Å². The van der Waals surface area contributed by atoms with Gasteiger partial charge in [0.2, 0.25) is 0 Å². The fourth-order valence-electron chi connectivity index (χ4n) is 1.87. The van der Waals surface area contributed by atoms with Crippen molar-refractivity contribution in [2.45, 2.75) is 0 Å². The van der Waals surface area contributed by atoms with Crippen LogP contribution in [-0.4, -0.2) is 11.6 Å². The molecule has 0 atom stereocenters. The molecule has 1 amide bonds. The Morgan fingerprint density at radius 2 is 1.89 bits per heavy atom. The Kier molecular flexibility index (Phi) is 3.05. The first-order valence-electron chi connectivity index (χ1n) is 5.74. The van der Waals surface area contributed by atoms with Crippen LogP contribution >= 0.6 is 15.9 Å². The number of hydrogen-bond donors (Lipinski definition) is 2. The van der Waals surface area contributed by atoms with Gasteiger partial charge in [0.05, 0.1) is 11.4 Å². The molecule has 0 fully saturated rings. The maximum absolute atomic E-state index is 11.9. The highest BCUT2D eigenvalue weighted by Crippen LogP contribution is 2.26. The first-order valence-corrected chi connectivity index (χ1v) is 6.53. The van der Waals surface area contributed by atoms with Crippen molar-refractivity contribution in [3.8, 4) is 0 Å². The Hall–Kier alpha value is -2.14. The summed E-state index contributed by atoms with van der Waals surface area (Å²) in [5.74, 6) is -0.198. The van der Waals surface area contributed by atoms with E-state index in [0.717, 1.165) is 21.4 Å². The van der Waals surface area contributed by atoms with E-state index in [2.05, 4.69) is 31.8 Å². The van der Waals surface area contributed by atoms with Crippen molar-refractivity contribution in [1.29, 1.82) is 0 Å². The van der Waals surface area contributed by atoms with Gasteiger partial charge in [0.15, 0.2) is 5.71 Å². The lowest BCUT2D eigenvalue weighted by Crippen LogP contribution is -2.15. The van der Waals surface area contributed by atoms with E-state index in [4.69, 9.17) is 0 Å². The molecule has 0 saturated heterocycles. The number of fused-ring (bicyclic) bond motifs is 1. The number of nitrogens with one attached hydrogen (secondary N) is 2. The number of para-hydroxylation sites is 1. The predicted octanol–water partition coefficient (Wildman–Crippen LogP) is 3.22. The van der Waals surface area contributed by atoms with Gasteiger partial charge < -0.3 is 5.32 Å². The zero-order valence-electron chi connectivity index (χ0n) is 9.85. The highest BCUT2D eigenvalue weighted by molar-refractivity contribution is 9.10. The molecule has 1 aliphatic rings. The van der Waals surface area contributed by atoms with E-state index in [0.29, 0.717) is 5.71 Å². The van der Waals surface area contributed by atoms with Crippen LogP contribution in [0.15, 0.2) is 58.1 Å². The molecule has 0 saturated carbocycles. The molecule has 0 unspecified atom stereocenters. The van der Waals surface area contributed by atoms with Gasteiger partial charge in [0.1, 0.15) is 0 Å². The quantitative estimate of drug-likeness (QED) is 0.836. The number of carbonyl (C=O) groups excluding carboxylic acids is 1. The molecule has 2 N–H and O–H groups in total. The number of benzene rings is 2. The van der Waals surface area contributed by atoms with Gasteiger partial charge in [-0.05, 0) is 30.3 Å². The van der Waals surface area contributed by atoms with Crippen LogP contribution in [0, 0.1) is 0 Å².